The van der Waals surface area contributed by atoms with Crippen LogP contribution in [0.1, 0.15) is 30.5 Å². The fourth-order valence-corrected chi connectivity index (χ4v) is 4.00. The van der Waals surface area contributed by atoms with Crippen LogP contribution in [0.5, 0.6) is 0 Å². The van der Waals surface area contributed by atoms with Crippen molar-refractivity contribution in [1.82, 2.24) is 4.90 Å². The van der Waals surface area contributed by atoms with Crippen molar-refractivity contribution in [3.63, 3.8) is 0 Å². The maximum atomic E-state index is 9.75. The van der Waals surface area contributed by atoms with Crippen LogP contribution < -0.4 is 10.6 Å². The molecule has 0 bridgehead atoms. The van der Waals surface area contributed by atoms with Gasteiger partial charge in [0.15, 0.2) is 0 Å². The highest BCUT2D eigenvalue weighted by Crippen LogP contribution is 2.24. The van der Waals surface area contributed by atoms with E-state index in [0.29, 0.717) is 12.2 Å². The van der Waals surface area contributed by atoms with Crippen LogP contribution >= 0.6 is 0 Å². The molecule has 0 spiro atoms. The average molecular weight is 430 g/mol. The van der Waals surface area contributed by atoms with E-state index in [4.69, 9.17) is 15.5 Å². The molecule has 0 unspecified atom stereocenters. The van der Waals surface area contributed by atoms with Crippen LogP contribution in [0.3, 0.4) is 0 Å². The number of allylic oxidation sites excluding steroid dienone is 1. The highest BCUT2D eigenvalue weighted by Gasteiger charge is 2.19. The molecule has 2 aromatic carbocycles. The first-order valence-electron chi connectivity index (χ1n) is 11.2. The Morgan fingerprint density at radius 2 is 1.75 bits per heavy atom. The molecule has 0 aromatic heterocycles. The number of ether oxygens (including phenoxy) is 1. The molecule has 0 saturated carbocycles. The van der Waals surface area contributed by atoms with Crippen LogP contribution in [0, 0.1) is 11.3 Å². The Bertz CT molecular complexity index is 1020. The summed E-state index contributed by atoms with van der Waals surface area (Å²) in [7, 11) is 0. The summed E-state index contributed by atoms with van der Waals surface area (Å²) in [6.07, 6.45) is 2.92. The maximum absolute atomic E-state index is 9.75. The van der Waals surface area contributed by atoms with E-state index in [9.17, 15) is 5.26 Å². The SMILES string of the molecule is CC(C)(N)c1ccc(C2=NCN(c3ccc(CCN4CCOCC4)cc3)C=C2C#N)cc1. The molecule has 0 atom stereocenters. The van der Waals surface area contributed by atoms with Crippen LogP contribution in [-0.2, 0) is 16.7 Å². The van der Waals surface area contributed by atoms with Gasteiger partial charge in [0.1, 0.15) is 12.7 Å². The maximum Gasteiger partial charge on any atom is 0.115 e. The summed E-state index contributed by atoms with van der Waals surface area (Å²) < 4.78 is 5.42. The number of aliphatic imine (C=N–C) groups is 1. The minimum Gasteiger partial charge on any atom is -0.379 e. The van der Waals surface area contributed by atoms with Gasteiger partial charge in [-0.15, -0.1) is 0 Å². The summed E-state index contributed by atoms with van der Waals surface area (Å²) in [6, 6.07) is 18.9. The van der Waals surface area contributed by atoms with Gasteiger partial charge >= 0.3 is 0 Å². The van der Waals surface area contributed by atoms with Crippen LogP contribution in [0.25, 0.3) is 0 Å². The van der Waals surface area contributed by atoms with Crippen molar-refractivity contribution in [2.75, 3.05) is 44.4 Å². The third-order valence-electron chi connectivity index (χ3n) is 6.03. The highest BCUT2D eigenvalue weighted by atomic mass is 16.5. The summed E-state index contributed by atoms with van der Waals surface area (Å²) in [5, 5.41) is 9.75. The molecule has 2 aliphatic heterocycles. The van der Waals surface area contributed by atoms with Crippen LogP contribution in [0.4, 0.5) is 5.69 Å². The molecule has 166 valence electrons. The Labute approximate surface area is 190 Å². The average Bonchev–Trinajstić information content (AvgIpc) is 2.83. The lowest BCUT2D eigenvalue weighted by Gasteiger charge is -2.26. The second-order valence-electron chi connectivity index (χ2n) is 8.94. The van der Waals surface area contributed by atoms with Gasteiger partial charge in [0.05, 0.1) is 24.5 Å². The van der Waals surface area contributed by atoms with E-state index in [-0.39, 0.29) is 0 Å². The topological polar surface area (TPSA) is 77.9 Å². The van der Waals surface area contributed by atoms with Crippen molar-refractivity contribution in [3.8, 4) is 6.07 Å². The summed E-state index contributed by atoms with van der Waals surface area (Å²) in [4.78, 5) is 9.19. The molecule has 0 aliphatic carbocycles. The molecule has 2 aromatic rings. The monoisotopic (exact) mass is 429 g/mol. The number of hydrogen-bond donors (Lipinski definition) is 1. The smallest absolute Gasteiger partial charge is 0.115 e. The lowest BCUT2D eigenvalue weighted by Crippen LogP contribution is -2.37. The Morgan fingerprint density at radius 3 is 2.38 bits per heavy atom. The molecule has 6 nitrogen and oxygen atoms in total. The molecule has 2 N–H and O–H groups in total. The number of rotatable bonds is 6. The summed E-state index contributed by atoms with van der Waals surface area (Å²) in [5.41, 5.74) is 11.4. The third kappa shape index (κ3) is 5.25. The second-order valence-corrected chi connectivity index (χ2v) is 8.94. The van der Waals surface area contributed by atoms with Crippen LogP contribution in [0.15, 0.2) is 65.3 Å². The van der Waals surface area contributed by atoms with E-state index in [1.165, 1.54) is 5.56 Å². The first kappa shape index (κ1) is 22.2. The molecule has 4 rings (SSSR count). The highest BCUT2D eigenvalue weighted by molar-refractivity contribution is 6.15. The van der Waals surface area contributed by atoms with E-state index in [1.54, 1.807) is 0 Å². The van der Waals surface area contributed by atoms with Gasteiger partial charge in [0.2, 0.25) is 0 Å². The van der Waals surface area contributed by atoms with Gasteiger partial charge in [0.25, 0.3) is 0 Å². The Morgan fingerprint density at radius 1 is 1.06 bits per heavy atom. The van der Waals surface area contributed by atoms with E-state index in [1.807, 2.05) is 49.2 Å². The fraction of sp³-hybridized carbons (Fsp3) is 0.385. The predicted octanol–water partition coefficient (Wildman–Crippen LogP) is 3.43. The van der Waals surface area contributed by atoms with E-state index < -0.39 is 5.54 Å². The van der Waals surface area contributed by atoms with Crippen LogP contribution in [-0.4, -0.2) is 50.1 Å². The lowest BCUT2D eigenvalue weighted by atomic mass is 9.93. The Hall–Kier alpha value is -2.98. The zero-order chi connectivity index (χ0) is 22.6. The molecule has 1 fully saturated rings. The molecule has 32 heavy (non-hydrogen) atoms. The molecular weight excluding hydrogens is 398 g/mol. The van der Waals surface area contributed by atoms with Gasteiger partial charge in [0, 0.05) is 42.6 Å². The van der Waals surface area contributed by atoms with Gasteiger partial charge in [-0.2, -0.15) is 5.26 Å². The normalized spacial score (nSPS) is 17.5. The number of hydrogen-bond acceptors (Lipinski definition) is 6. The predicted molar refractivity (Wildman–Crippen MR) is 129 cm³/mol. The second kappa shape index (κ2) is 9.66. The molecule has 2 heterocycles. The molecule has 2 aliphatic rings. The number of benzene rings is 2. The van der Waals surface area contributed by atoms with Crippen LogP contribution in [0.2, 0.25) is 0 Å². The van der Waals surface area contributed by atoms with E-state index in [0.717, 1.165) is 61.8 Å². The molecule has 0 radical (unpaired) electrons. The Kier molecular flexibility index (Phi) is 6.71. The van der Waals surface area contributed by atoms with Crippen molar-refractivity contribution in [2.45, 2.75) is 25.8 Å². The zero-order valence-corrected chi connectivity index (χ0v) is 18.9. The van der Waals surface area contributed by atoms with E-state index in [2.05, 4.69) is 35.2 Å². The minimum atomic E-state index is -0.397. The van der Waals surface area contributed by atoms with Crippen molar-refractivity contribution >= 4 is 11.4 Å². The van der Waals surface area contributed by atoms with Gasteiger partial charge in [-0.3, -0.25) is 9.89 Å². The summed E-state index contributed by atoms with van der Waals surface area (Å²) in [6.45, 7) is 9.19. The summed E-state index contributed by atoms with van der Waals surface area (Å²) >= 11 is 0. The van der Waals surface area contributed by atoms with Crippen molar-refractivity contribution < 1.29 is 4.74 Å². The summed E-state index contributed by atoms with van der Waals surface area (Å²) in [5.74, 6) is 0. The van der Waals surface area contributed by atoms with E-state index >= 15 is 0 Å². The minimum absolute atomic E-state index is 0.397. The molecular formula is C26H31N5O. The number of morpholine rings is 1. The Balaban J connectivity index is 1.42. The largest absolute Gasteiger partial charge is 0.379 e. The first-order chi connectivity index (χ1) is 15.4. The van der Waals surface area contributed by atoms with Gasteiger partial charge in [-0.25, -0.2) is 0 Å². The van der Waals surface area contributed by atoms with Crippen molar-refractivity contribution in [2.24, 2.45) is 10.7 Å². The molecule has 6 heteroatoms. The number of nitrogens with zero attached hydrogens (tertiary/aromatic N) is 4. The molecule has 0 amide bonds. The van der Waals surface area contributed by atoms with Gasteiger partial charge in [-0.05, 0) is 43.5 Å². The lowest BCUT2D eigenvalue weighted by molar-refractivity contribution is 0.0384. The number of nitrogens with two attached hydrogens (primary N) is 1. The van der Waals surface area contributed by atoms with Crippen molar-refractivity contribution in [1.29, 1.82) is 5.26 Å². The third-order valence-corrected chi connectivity index (χ3v) is 6.03. The fourth-order valence-electron chi connectivity index (χ4n) is 4.00. The quantitative estimate of drug-likeness (QED) is 0.761. The number of nitriles is 1. The number of anilines is 1. The first-order valence-corrected chi connectivity index (χ1v) is 11.2. The molecule has 1 saturated heterocycles. The zero-order valence-electron chi connectivity index (χ0n) is 18.9. The standard InChI is InChI=1S/C26H31N5O/c1-26(2,28)23-7-5-21(6-8-23)25-22(17-27)18-31(19-29-25)24-9-3-20(4-10-24)11-12-30-13-15-32-16-14-30/h3-10,18H,11-16,19,28H2,1-2H3. The van der Waals surface area contributed by atoms with Gasteiger partial charge in [-0.1, -0.05) is 36.4 Å². The van der Waals surface area contributed by atoms with Crippen molar-refractivity contribution in [3.05, 3.63) is 77.0 Å². The van der Waals surface area contributed by atoms with Gasteiger partial charge < -0.3 is 15.4 Å².